The van der Waals surface area contributed by atoms with Gasteiger partial charge in [-0.25, -0.2) is 0 Å². The highest BCUT2D eigenvalue weighted by molar-refractivity contribution is 5.88. The van der Waals surface area contributed by atoms with Gasteiger partial charge in [0.25, 0.3) is 0 Å². The molecule has 4 rings (SSSR count). The molecule has 1 aliphatic rings. The molecule has 0 spiro atoms. The van der Waals surface area contributed by atoms with Crippen molar-refractivity contribution in [1.29, 1.82) is 0 Å². The Balaban J connectivity index is 1.58. The van der Waals surface area contributed by atoms with Gasteiger partial charge in [0.2, 0.25) is 5.91 Å². The molecule has 0 bridgehead atoms. The highest BCUT2D eigenvalue weighted by atomic mass is 16.5. The SMILES string of the molecule is COc1ccccc1CN(CC1CCCO1)C(=O)Cc1coc2cc(C)c(C)cc12. The van der Waals surface area contributed by atoms with Gasteiger partial charge in [0.1, 0.15) is 11.3 Å². The number of ether oxygens (including phenoxy) is 2. The minimum atomic E-state index is 0.0670. The molecule has 0 saturated carbocycles. The smallest absolute Gasteiger partial charge is 0.227 e. The molecule has 1 atom stereocenters. The summed E-state index contributed by atoms with van der Waals surface area (Å²) in [5.41, 5.74) is 5.13. The summed E-state index contributed by atoms with van der Waals surface area (Å²) < 4.78 is 17.1. The van der Waals surface area contributed by atoms with Crippen LogP contribution < -0.4 is 4.74 Å². The summed E-state index contributed by atoms with van der Waals surface area (Å²) in [6, 6.07) is 12.0. The Hall–Kier alpha value is -2.79. The number of hydrogen-bond donors (Lipinski definition) is 0. The van der Waals surface area contributed by atoms with Crippen LogP contribution in [0, 0.1) is 13.8 Å². The van der Waals surface area contributed by atoms with Crippen LogP contribution in [0.4, 0.5) is 0 Å². The summed E-state index contributed by atoms with van der Waals surface area (Å²) in [7, 11) is 1.66. The minimum absolute atomic E-state index is 0.0670. The molecule has 5 nitrogen and oxygen atoms in total. The summed E-state index contributed by atoms with van der Waals surface area (Å²) in [5, 5.41) is 1.01. The molecule has 1 saturated heterocycles. The number of para-hydroxylation sites is 1. The fourth-order valence-electron chi connectivity index (χ4n) is 4.08. The van der Waals surface area contributed by atoms with Gasteiger partial charge in [-0.2, -0.15) is 0 Å². The Morgan fingerprint density at radius 3 is 2.73 bits per heavy atom. The van der Waals surface area contributed by atoms with E-state index in [1.807, 2.05) is 35.2 Å². The molecule has 0 radical (unpaired) electrons. The summed E-state index contributed by atoms with van der Waals surface area (Å²) in [4.78, 5) is 15.3. The average molecular weight is 408 g/mol. The van der Waals surface area contributed by atoms with E-state index in [1.54, 1.807) is 13.4 Å². The normalized spacial score (nSPS) is 16.2. The van der Waals surface area contributed by atoms with Gasteiger partial charge in [-0.1, -0.05) is 18.2 Å². The second-order valence-corrected chi connectivity index (χ2v) is 8.09. The van der Waals surface area contributed by atoms with Crippen molar-refractivity contribution in [2.75, 3.05) is 20.3 Å². The second-order valence-electron chi connectivity index (χ2n) is 8.09. The van der Waals surface area contributed by atoms with E-state index in [0.29, 0.717) is 19.5 Å². The van der Waals surface area contributed by atoms with Crippen molar-refractivity contribution in [3.63, 3.8) is 0 Å². The molecule has 1 aliphatic heterocycles. The van der Waals surface area contributed by atoms with E-state index in [-0.39, 0.29) is 12.0 Å². The van der Waals surface area contributed by atoms with E-state index in [1.165, 1.54) is 11.1 Å². The van der Waals surface area contributed by atoms with Crippen LogP contribution in [-0.4, -0.2) is 37.2 Å². The van der Waals surface area contributed by atoms with Crippen LogP contribution in [0.3, 0.4) is 0 Å². The molecule has 0 N–H and O–H groups in total. The van der Waals surface area contributed by atoms with Gasteiger partial charge in [-0.15, -0.1) is 0 Å². The van der Waals surface area contributed by atoms with Gasteiger partial charge < -0.3 is 18.8 Å². The second kappa shape index (κ2) is 8.92. The summed E-state index contributed by atoms with van der Waals surface area (Å²) in [5.74, 6) is 0.861. The number of benzene rings is 2. The van der Waals surface area contributed by atoms with Crippen molar-refractivity contribution in [2.45, 2.75) is 45.8 Å². The van der Waals surface area contributed by atoms with Gasteiger partial charge in [0.15, 0.2) is 0 Å². The zero-order valence-corrected chi connectivity index (χ0v) is 17.9. The zero-order chi connectivity index (χ0) is 21.1. The lowest BCUT2D eigenvalue weighted by Gasteiger charge is -2.26. The monoisotopic (exact) mass is 407 g/mol. The number of hydrogen-bond acceptors (Lipinski definition) is 4. The highest BCUT2D eigenvalue weighted by Gasteiger charge is 2.24. The topological polar surface area (TPSA) is 51.9 Å². The van der Waals surface area contributed by atoms with Crippen molar-refractivity contribution >= 4 is 16.9 Å². The largest absolute Gasteiger partial charge is 0.496 e. The summed E-state index contributed by atoms with van der Waals surface area (Å²) in [6.45, 7) is 6.01. The Kier molecular flexibility index (Phi) is 6.09. The average Bonchev–Trinajstić information content (AvgIpc) is 3.39. The molecule has 3 aromatic rings. The van der Waals surface area contributed by atoms with Crippen molar-refractivity contribution < 1.29 is 18.7 Å². The predicted molar refractivity (Wildman–Crippen MR) is 117 cm³/mol. The molecule has 1 amide bonds. The van der Waals surface area contributed by atoms with E-state index >= 15 is 0 Å². The van der Waals surface area contributed by atoms with Crippen LogP contribution in [0.25, 0.3) is 11.0 Å². The quantitative estimate of drug-likeness (QED) is 0.564. The van der Waals surface area contributed by atoms with E-state index in [0.717, 1.165) is 47.3 Å². The Morgan fingerprint density at radius 2 is 1.97 bits per heavy atom. The first-order valence-electron chi connectivity index (χ1n) is 10.5. The molecular weight excluding hydrogens is 378 g/mol. The summed E-state index contributed by atoms with van der Waals surface area (Å²) in [6.07, 6.45) is 4.15. The standard InChI is InChI=1S/C25H29NO4/c1-17-11-22-20(16-30-24(22)12-18(17)2)13-25(27)26(15-21-8-6-10-29-21)14-19-7-4-5-9-23(19)28-3/h4-5,7,9,11-12,16,21H,6,8,10,13-15H2,1-3H3. The first kappa shape index (κ1) is 20.5. The third kappa shape index (κ3) is 4.36. The maximum atomic E-state index is 13.4. The molecule has 2 aromatic carbocycles. The van der Waals surface area contributed by atoms with Gasteiger partial charge in [-0.05, 0) is 56.0 Å². The van der Waals surface area contributed by atoms with Crippen LogP contribution >= 0.6 is 0 Å². The third-order valence-corrected chi connectivity index (χ3v) is 5.97. The molecule has 1 fully saturated rings. The van der Waals surface area contributed by atoms with Crippen LogP contribution in [0.15, 0.2) is 47.1 Å². The highest BCUT2D eigenvalue weighted by Crippen LogP contribution is 2.27. The number of aryl methyl sites for hydroxylation is 2. The Labute approximate surface area is 177 Å². The number of methoxy groups -OCH3 is 1. The predicted octanol–water partition coefficient (Wildman–Crippen LogP) is 4.81. The fourth-order valence-corrected chi connectivity index (χ4v) is 4.08. The lowest BCUT2D eigenvalue weighted by molar-refractivity contribution is -0.132. The van der Waals surface area contributed by atoms with Gasteiger partial charge in [0, 0.05) is 36.2 Å². The lowest BCUT2D eigenvalue weighted by atomic mass is 10.0. The first-order chi connectivity index (χ1) is 14.5. The number of carbonyl (C=O) groups excluding carboxylic acids is 1. The number of rotatable bonds is 7. The maximum Gasteiger partial charge on any atom is 0.227 e. The number of carbonyl (C=O) groups is 1. The van der Waals surface area contributed by atoms with Gasteiger partial charge in [-0.3, -0.25) is 4.79 Å². The fraction of sp³-hybridized carbons (Fsp3) is 0.400. The Morgan fingerprint density at radius 1 is 1.17 bits per heavy atom. The lowest BCUT2D eigenvalue weighted by Crippen LogP contribution is -2.37. The van der Waals surface area contributed by atoms with Gasteiger partial charge >= 0.3 is 0 Å². The molecular formula is C25H29NO4. The molecule has 1 aromatic heterocycles. The van der Waals surface area contributed by atoms with Crippen LogP contribution in [-0.2, 0) is 22.5 Å². The molecule has 5 heteroatoms. The van der Waals surface area contributed by atoms with E-state index in [9.17, 15) is 4.79 Å². The zero-order valence-electron chi connectivity index (χ0n) is 17.9. The van der Waals surface area contributed by atoms with Gasteiger partial charge in [0.05, 0.1) is 25.9 Å². The summed E-state index contributed by atoms with van der Waals surface area (Å²) >= 11 is 0. The van der Waals surface area contributed by atoms with Crippen molar-refractivity contribution in [3.05, 3.63) is 64.9 Å². The molecule has 158 valence electrons. The van der Waals surface area contributed by atoms with Crippen LogP contribution in [0.5, 0.6) is 5.75 Å². The minimum Gasteiger partial charge on any atom is -0.496 e. The van der Waals surface area contributed by atoms with Crippen LogP contribution in [0.2, 0.25) is 0 Å². The number of fused-ring (bicyclic) bond motifs is 1. The number of furan rings is 1. The molecule has 30 heavy (non-hydrogen) atoms. The third-order valence-electron chi connectivity index (χ3n) is 5.97. The number of amides is 1. The molecule has 0 aliphatic carbocycles. The number of nitrogens with zero attached hydrogens (tertiary/aromatic N) is 1. The molecule has 1 unspecified atom stereocenters. The van der Waals surface area contributed by atoms with E-state index < -0.39 is 0 Å². The first-order valence-corrected chi connectivity index (χ1v) is 10.5. The maximum absolute atomic E-state index is 13.4. The van der Waals surface area contributed by atoms with Crippen molar-refractivity contribution in [1.82, 2.24) is 4.90 Å². The van der Waals surface area contributed by atoms with E-state index in [4.69, 9.17) is 13.9 Å². The Bertz CT molecular complexity index is 1030. The van der Waals surface area contributed by atoms with Crippen molar-refractivity contribution in [3.8, 4) is 5.75 Å². The molecule has 2 heterocycles. The van der Waals surface area contributed by atoms with E-state index in [2.05, 4.69) is 19.9 Å². The van der Waals surface area contributed by atoms with Crippen molar-refractivity contribution in [2.24, 2.45) is 0 Å². The van der Waals surface area contributed by atoms with Crippen LogP contribution in [0.1, 0.15) is 35.1 Å².